The Morgan fingerprint density at radius 1 is 0.525 bits per heavy atom. The number of esters is 2. The van der Waals surface area contributed by atoms with Crippen LogP contribution >= 0.6 is 0 Å². The average Bonchev–Trinajstić information content (AvgIpc) is 2.97. The van der Waals surface area contributed by atoms with Crippen LogP contribution in [0, 0.1) is 0 Å². The molecule has 0 aliphatic rings. The monoisotopic (exact) mass is 538 g/mol. The summed E-state index contributed by atoms with van der Waals surface area (Å²) in [6, 6.07) is 25.4. The highest BCUT2D eigenvalue weighted by molar-refractivity contribution is 6.06. The summed E-state index contributed by atoms with van der Waals surface area (Å²) in [5.74, 6) is -2.17. The van der Waals surface area contributed by atoms with Crippen LogP contribution < -0.4 is 22.1 Å². The molecule has 0 fully saturated rings. The van der Waals surface area contributed by atoms with Crippen LogP contribution in [-0.2, 0) is 9.47 Å². The molecular formula is C30H26N4O6. The zero-order valence-electron chi connectivity index (χ0n) is 21.3. The molecule has 4 aromatic carbocycles. The van der Waals surface area contributed by atoms with E-state index in [9.17, 15) is 19.2 Å². The Bertz CT molecular complexity index is 1420. The van der Waals surface area contributed by atoms with Crippen LogP contribution in [0.3, 0.4) is 0 Å². The van der Waals surface area contributed by atoms with Gasteiger partial charge in [-0.1, -0.05) is 12.1 Å². The summed E-state index contributed by atoms with van der Waals surface area (Å²) < 4.78 is 10.4. The Kier molecular flexibility index (Phi) is 8.73. The van der Waals surface area contributed by atoms with Crippen molar-refractivity contribution in [3.8, 4) is 0 Å². The summed E-state index contributed by atoms with van der Waals surface area (Å²) >= 11 is 0. The van der Waals surface area contributed by atoms with Crippen molar-refractivity contribution in [2.75, 3.05) is 35.3 Å². The van der Waals surface area contributed by atoms with Crippen molar-refractivity contribution in [2.24, 2.45) is 0 Å². The van der Waals surface area contributed by atoms with E-state index in [0.717, 1.165) is 0 Å². The van der Waals surface area contributed by atoms with Gasteiger partial charge in [-0.25, -0.2) is 9.59 Å². The summed E-state index contributed by atoms with van der Waals surface area (Å²) in [6.07, 6.45) is 0. The summed E-state index contributed by atoms with van der Waals surface area (Å²) in [5.41, 5.74) is 14.4. The molecule has 0 spiro atoms. The molecule has 0 saturated heterocycles. The van der Waals surface area contributed by atoms with Gasteiger partial charge in [-0.15, -0.1) is 0 Å². The zero-order valence-corrected chi connectivity index (χ0v) is 21.3. The fourth-order valence-corrected chi connectivity index (χ4v) is 3.55. The number of nitrogens with one attached hydrogen (secondary N) is 2. The van der Waals surface area contributed by atoms with Gasteiger partial charge in [0.2, 0.25) is 0 Å². The molecule has 0 aromatic heterocycles. The molecule has 0 bridgehead atoms. The van der Waals surface area contributed by atoms with Crippen molar-refractivity contribution in [1.29, 1.82) is 0 Å². The van der Waals surface area contributed by atoms with Crippen LogP contribution in [0.4, 0.5) is 22.7 Å². The minimum atomic E-state index is -0.681. The van der Waals surface area contributed by atoms with Gasteiger partial charge in [-0.3, -0.25) is 9.59 Å². The summed E-state index contributed by atoms with van der Waals surface area (Å²) in [5, 5.41) is 5.45. The third-order valence-electron chi connectivity index (χ3n) is 5.61. The molecule has 10 nitrogen and oxygen atoms in total. The Morgan fingerprint density at radius 2 is 0.875 bits per heavy atom. The number of nitrogen functional groups attached to an aromatic ring is 2. The maximum absolute atomic E-state index is 12.5. The van der Waals surface area contributed by atoms with Crippen LogP contribution in [0.2, 0.25) is 0 Å². The molecule has 4 rings (SSSR count). The Morgan fingerprint density at radius 3 is 1.25 bits per heavy atom. The average molecular weight is 539 g/mol. The van der Waals surface area contributed by atoms with Gasteiger partial charge in [0.25, 0.3) is 11.8 Å². The normalized spacial score (nSPS) is 10.3. The molecule has 0 atom stereocenters. The molecule has 202 valence electrons. The van der Waals surface area contributed by atoms with Gasteiger partial charge in [-0.2, -0.15) is 0 Å². The largest absolute Gasteiger partial charge is 0.458 e. The van der Waals surface area contributed by atoms with E-state index >= 15 is 0 Å². The number of benzene rings is 4. The van der Waals surface area contributed by atoms with E-state index in [1.54, 1.807) is 72.8 Å². The van der Waals surface area contributed by atoms with E-state index in [1.807, 2.05) is 0 Å². The number of nitrogens with two attached hydrogens (primary N) is 2. The van der Waals surface area contributed by atoms with E-state index in [4.69, 9.17) is 20.9 Å². The number of carbonyl (C=O) groups excluding carboxylic acids is 4. The number of anilines is 4. The topological polar surface area (TPSA) is 163 Å². The fourth-order valence-electron chi connectivity index (χ4n) is 3.55. The number of ether oxygens (including phenoxy) is 2. The van der Waals surface area contributed by atoms with Gasteiger partial charge in [0, 0.05) is 33.9 Å². The predicted molar refractivity (Wildman–Crippen MR) is 151 cm³/mol. The SMILES string of the molecule is Nc1ccc(NC(=O)c2cccc(C(=O)OCCOC(=O)c3cccc(C(=O)Nc4ccc(N)cc4)c3)c2)cc1. The maximum Gasteiger partial charge on any atom is 0.338 e. The fraction of sp³-hybridized carbons (Fsp3) is 0.0667. The number of rotatable bonds is 9. The second-order valence-corrected chi connectivity index (χ2v) is 8.59. The predicted octanol–water partition coefficient (Wildman–Crippen LogP) is 4.37. The molecular weight excluding hydrogens is 512 g/mol. The molecule has 6 N–H and O–H groups in total. The first-order valence-electron chi connectivity index (χ1n) is 12.2. The lowest BCUT2D eigenvalue weighted by Gasteiger charge is -2.09. The quantitative estimate of drug-likeness (QED) is 0.139. The Labute approximate surface area is 229 Å². The molecule has 0 aliphatic heterocycles. The van der Waals surface area contributed by atoms with Gasteiger partial charge >= 0.3 is 11.9 Å². The molecule has 0 saturated carbocycles. The third kappa shape index (κ3) is 7.45. The molecule has 0 radical (unpaired) electrons. The van der Waals surface area contributed by atoms with Gasteiger partial charge in [-0.05, 0) is 84.9 Å². The van der Waals surface area contributed by atoms with Crippen molar-refractivity contribution in [1.82, 2.24) is 0 Å². The number of amides is 2. The Balaban J connectivity index is 1.26. The second kappa shape index (κ2) is 12.7. The first-order valence-corrected chi connectivity index (χ1v) is 12.2. The minimum absolute atomic E-state index is 0.163. The highest BCUT2D eigenvalue weighted by Crippen LogP contribution is 2.15. The maximum atomic E-state index is 12.5. The van der Waals surface area contributed by atoms with Crippen molar-refractivity contribution in [3.63, 3.8) is 0 Å². The summed E-state index contributed by atoms with van der Waals surface area (Å²) in [4.78, 5) is 50.0. The van der Waals surface area contributed by atoms with Gasteiger partial charge < -0.3 is 31.6 Å². The molecule has 10 heteroatoms. The van der Waals surface area contributed by atoms with E-state index in [0.29, 0.717) is 22.7 Å². The number of hydrogen-bond acceptors (Lipinski definition) is 8. The Hall–Kier alpha value is -5.64. The zero-order chi connectivity index (χ0) is 28.5. The highest BCUT2D eigenvalue weighted by atomic mass is 16.6. The third-order valence-corrected chi connectivity index (χ3v) is 5.61. The lowest BCUT2D eigenvalue weighted by atomic mass is 10.1. The van der Waals surface area contributed by atoms with Crippen molar-refractivity contribution < 1.29 is 28.7 Å². The summed E-state index contributed by atoms with van der Waals surface area (Å²) in [7, 11) is 0. The van der Waals surface area contributed by atoms with E-state index in [1.165, 1.54) is 24.3 Å². The molecule has 4 aromatic rings. The first kappa shape index (κ1) is 27.4. The van der Waals surface area contributed by atoms with Crippen LogP contribution in [0.15, 0.2) is 97.1 Å². The van der Waals surface area contributed by atoms with Crippen molar-refractivity contribution in [3.05, 3.63) is 119 Å². The molecule has 0 heterocycles. The van der Waals surface area contributed by atoms with Crippen LogP contribution in [0.5, 0.6) is 0 Å². The van der Waals surface area contributed by atoms with Gasteiger partial charge in [0.15, 0.2) is 0 Å². The van der Waals surface area contributed by atoms with E-state index < -0.39 is 23.8 Å². The standard InChI is InChI=1S/C30H26N4O6/c31-23-7-11-25(12-8-23)33-27(35)19-3-1-5-21(17-19)29(37)39-15-16-40-30(38)22-6-2-4-20(18-22)28(36)34-26-13-9-24(32)10-14-26/h1-14,17-18H,15-16,31-32H2,(H,33,35)(H,34,36). The van der Waals surface area contributed by atoms with Crippen molar-refractivity contribution >= 4 is 46.5 Å². The highest BCUT2D eigenvalue weighted by Gasteiger charge is 2.14. The van der Waals surface area contributed by atoms with Crippen LogP contribution in [0.25, 0.3) is 0 Å². The smallest absolute Gasteiger partial charge is 0.338 e. The van der Waals surface area contributed by atoms with Crippen LogP contribution in [0.1, 0.15) is 41.4 Å². The van der Waals surface area contributed by atoms with Crippen molar-refractivity contribution in [2.45, 2.75) is 0 Å². The molecule has 40 heavy (non-hydrogen) atoms. The van der Waals surface area contributed by atoms with Gasteiger partial charge in [0.05, 0.1) is 11.1 Å². The van der Waals surface area contributed by atoms with E-state index in [2.05, 4.69) is 10.6 Å². The minimum Gasteiger partial charge on any atom is -0.458 e. The molecule has 2 amide bonds. The molecule has 0 unspecified atom stereocenters. The van der Waals surface area contributed by atoms with Crippen LogP contribution in [-0.4, -0.2) is 37.0 Å². The lowest BCUT2D eigenvalue weighted by molar-refractivity contribution is 0.0265. The second-order valence-electron chi connectivity index (χ2n) is 8.59. The van der Waals surface area contributed by atoms with E-state index in [-0.39, 0.29) is 35.5 Å². The summed E-state index contributed by atoms with van der Waals surface area (Å²) in [6.45, 7) is -0.409. The number of hydrogen-bond donors (Lipinski definition) is 4. The van der Waals surface area contributed by atoms with Gasteiger partial charge in [0.1, 0.15) is 13.2 Å². The molecule has 0 aliphatic carbocycles. The first-order chi connectivity index (χ1) is 19.3. The lowest BCUT2D eigenvalue weighted by Crippen LogP contribution is -2.16. The number of carbonyl (C=O) groups is 4.